The van der Waals surface area contributed by atoms with Crippen molar-refractivity contribution in [1.82, 2.24) is 14.7 Å². The molecular formula is C31H28F3N5O2. The van der Waals surface area contributed by atoms with Gasteiger partial charge in [0.15, 0.2) is 6.04 Å². The zero-order valence-corrected chi connectivity index (χ0v) is 22.0. The van der Waals surface area contributed by atoms with Crippen LogP contribution in [0.1, 0.15) is 45.9 Å². The second-order valence-electron chi connectivity index (χ2n) is 10.4. The lowest BCUT2D eigenvalue weighted by Gasteiger charge is -2.34. The van der Waals surface area contributed by atoms with Gasteiger partial charge < -0.3 is 15.5 Å². The first-order chi connectivity index (χ1) is 19.8. The topological polar surface area (TPSA) is 79.3 Å². The Balaban J connectivity index is 1.31. The number of nitrogens with one attached hydrogen (secondary N) is 2. The van der Waals surface area contributed by atoms with Gasteiger partial charge in [-0.1, -0.05) is 78.9 Å². The molecule has 3 heterocycles. The van der Waals surface area contributed by atoms with Gasteiger partial charge in [-0.3, -0.25) is 9.59 Å². The van der Waals surface area contributed by atoms with Crippen molar-refractivity contribution >= 4 is 23.3 Å². The molecule has 1 saturated heterocycles. The third kappa shape index (κ3) is 5.29. The number of hydrogen-bond acceptors (Lipinski definition) is 4. The Bertz CT molecular complexity index is 1530. The molecule has 1 fully saturated rings. The molecule has 1 aromatic heterocycles. The van der Waals surface area contributed by atoms with E-state index in [0.29, 0.717) is 11.3 Å². The van der Waals surface area contributed by atoms with Gasteiger partial charge in [-0.05, 0) is 23.3 Å². The molecule has 2 aliphatic rings. The minimum absolute atomic E-state index is 0.0332. The average molecular weight is 560 g/mol. The normalized spacial score (nSPS) is 22.1. The Morgan fingerprint density at radius 3 is 2.10 bits per heavy atom. The Kier molecular flexibility index (Phi) is 6.98. The summed E-state index contributed by atoms with van der Waals surface area (Å²) in [4.78, 5) is 28.9. The van der Waals surface area contributed by atoms with Crippen molar-refractivity contribution in [2.24, 2.45) is 5.92 Å². The van der Waals surface area contributed by atoms with Crippen LogP contribution < -0.4 is 10.6 Å². The first-order valence-electron chi connectivity index (χ1n) is 13.5. The van der Waals surface area contributed by atoms with Crippen LogP contribution in [-0.4, -0.2) is 45.8 Å². The molecule has 2 N–H and O–H groups in total. The number of rotatable bonds is 5. The van der Waals surface area contributed by atoms with Crippen LogP contribution in [0.25, 0.3) is 0 Å². The summed E-state index contributed by atoms with van der Waals surface area (Å²) in [5, 5.41) is 10.1. The molecular weight excluding hydrogens is 531 g/mol. The van der Waals surface area contributed by atoms with Crippen molar-refractivity contribution < 1.29 is 22.8 Å². The quantitative estimate of drug-likeness (QED) is 0.313. The van der Waals surface area contributed by atoms with E-state index in [1.807, 2.05) is 48.5 Å². The number of alkyl halides is 3. The third-order valence-electron chi connectivity index (χ3n) is 7.88. The fourth-order valence-corrected chi connectivity index (χ4v) is 5.82. The van der Waals surface area contributed by atoms with E-state index in [2.05, 4.69) is 15.7 Å². The van der Waals surface area contributed by atoms with Crippen molar-refractivity contribution in [3.8, 4) is 0 Å². The van der Waals surface area contributed by atoms with Crippen molar-refractivity contribution in [3.63, 3.8) is 0 Å². The number of halogens is 3. The smallest absolute Gasteiger partial charge is 0.363 e. The first kappa shape index (κ1) is 26.6. The number of aromatic nitrogens is 2. The van der Waals surface area contributed by atoms with Gasteiger partial charge in [0.2, 0.25) is 5.91 Å². The lowest BCUT2D eigenvalue weighted by molar-refractivity contribution is -0.173. The van der Waals surface area contributed by atoms with Crippen LogP contribution >= 0.6 is 0 Å². The zero-order chi connectivity index (χ0) is 28.6. The van der Waals surface area contributed by atoms with Gasteiger partial charge in [0.25, 0.3) is 5.91 Å². The van der Waals surface area contributed by atoms with Crippen LogP contribution in [0.3, 0.4) is 0 Å². The number of nitrogens with zero attached hydrogens (tertiary/aromatic N) is 3. The molecule has 6 rings (SSSR count). The Morgan fingerprint density at radius 1 is 0.854 bits per heavy atom. The summed E-state index contributed by atoms with van der Waals surface area (Å²) in [6, 6.07) is 24.9. The van der Waals surface area contributed by atoms with Crippen LogP contribution in [0.2, 0.25) is 0 Å². The minimum Gasteiger partial charge on any atom is -0.363 e. The predicted molar refractivity (Wildman–Crippen MR) is 148 cm³/mol. The van der Waals surface area contributed by atoms with E-state index in [1.54, 1.807) is 47.4 Å². The summed E-state index contributed by atoms with van der Waals surface area (Å²) < 4.78 is 43.3. The Labute approximate surface area is 235 Å². The third-order valence-corrected chi connectivity index (χ3v) is 7.88. The summed E-state index contributed by atoms with van der Waals surface area (Å²) in [6.45, 7) is 0.359. The highest BCUT2D eigenvalue weighted by atomic mass is 19.4. The fraction of sp³-hybridized carbons (Fsp3) is 0.258. The Morgan fingerprint density at radius 2 is 1.46 bits per heavy atom. The fourth-order valence-electron chi connectivity index (χ4n) is 5.82. The number of carbonyl (C=O) groups excluding carboxylic acids is 2. The van der Waals surface area contributed by atoms with Crippen LogP contribution in [0.15, 0.2) is 97.2 Å². The van der Waals surface area contributed by atoms with E-state index in [0.717, 1.165) is 10.2 Å². The summed E-state index contributed by atoms with van der Waals surface area (Å²) in [7, 11) is 0. The highest BCUT2D eigenvalue weighted by molar-refractivity contribution is 6.00. The van der Waals surface area contributed by atoms with Crippen molar-refractivity contribution in [2.75, 3.05) is 23.7 Å². The molecule has 210 valence electrons. The number of para-hydroxylation sites is 1. The van der Waals surface area contributed by atoms with Gasteiger partial charge in [0.1, 0.15) is 11.4 Å². The molecule has 41 heavy (non-hydrogen) atoms. The number of hydrogen-bond donors (Lipinski definition) is 2. The van der Waals surface area contributed by atoms with Crippen molar-refractivity contribution in [3.05, 3.63) is 114 Å². The zero-order valence-electron chi connectivity index (χ0n) is 22.0. The summed E-state index contributed by atoms with van der Waals surface area (Å²) in [5.41, 5.74) is 2.30. The summed E-state index contributed by atoms with van der Waals surface area (Å²) in [5.74, 6) is -1.50. The lowest BCUT2D eigenvalue weighted by Crippen LogP contribution is -2.37. The maximum absolute atomic E-state index is 14.1. The van der Waals surface area contributed by atoms with Gasteiger partial charge >= 0.3 is 6.18 Å². The second-order valence-corrected chi connectivity index (χ2v) is 10.4. The largest absolute Gasteiger partial charge is 0.410 e. The summed E-state index contributed by atoms with van der Waals surface area (Å²) >= 11 is 0. The molecule has 0 bridgehead atoms. The van der Waals surface area contributed by atoms with Crippen molar-refractivity contribution in [2.45, 2.75) is 30.6 Å². The highest BCUT2D eigenvalue weighted by Gasteiger charge is 2.48. The standard InChI is InChI=1S/C31H28F3N5O2/c32-31(33,34)27-16-26(21-12-6-2-7-13-21)37-28-23(17-35-39(27)28)30(41)38-18-24(20-10-4-1-5-11-20)25(19-38)29(40)36-22-14-8-3-9-15-22/h1-15,17,24-27,37H,16,18-19H2,(H,36,40). The van der Waals surface area contributed by atoms with E-state index >= 15 is 0 Å². The molecule has 4 unspecified atom stereocenters. The van der Waals surface area contributed by atoms with Crippen LogP contribution in [-0.2, 0) is 4.79 Å². The van der Waals surface area contributed by atoms with Crippen molar-refractivity contribution in [1.29, 1.82) is 0 Å². The van der Waals surface area contributed by atoms with Gasteiger partial charge in [0.05, 0.1) is 18.2 Å². The lowest BCUT2D eigenvalue weighted by atomic mass is 9.88. The molecule has 10 heteroatoms. The number of likely N-dealkylation sites (tertiary alicyclic amines) is 1. The second kappa shape index (κ2) is 10.8. The molecule has 7 nitrogen and oxygen atoms in total. The van der Waals surface area contributed by atoms with E-state index in [9.17, 15) is 22.8 Å². The molecule has 0 spiro atoms. The predicted octanol–water partition coefficient (Wildman–Crippen LogP) is 6.04. The number of anilines is 2. The van der Waals surface area contributed by atoms with E-state index in [-0.39, 0.29) is 42.7 Å². The van der Waals surface area contributed by atoms with E-state index < -0.39 is 30.1 Å². The maximum Gasteiger partial charge on any atom is 0.410 e. The minimum atomic E-state index is -4.55. The number of benzene rings is 3. The number of fused-ring (bicyclic) bond motifs is 1. The molecule has 3 aromatic carbocycles. The monoisotopic (exact) mass is 559 g/mol. The average Bonchev–Trinajstić information content (AvgIpc) is 3.63. The van der Waals surface area contributed by atoms with Gasteiger partial charge in [0, 0.05) is 31.1 Å². The van der Waals surface area contributed by atoms with Crippen LogP contribution in [0.5, 0.6) is 0 Å². The molecule has 4 aromatic rings. The summed E-state index contributed by atoms with van der Waals surface area (Å²) in [6.07, 6.45) is -3.61. The van der Waals surface area contributed by atoms with Gasteiger partial charge in [-0.2, -0.15) is 18.3 Å². The molecule has 0 radical (unpaired) electrons. The maximum atomic E-state index is 14.1. The van der Waals surface area contributed by atoms with Gasteiger partial charge in [-0.25, -0.2) is 4.68 Å². The van der Waals surface area contributed by atoms with E-state index in [4.69, 9.17) is 0 Å². The Hall–Kier alpha value is -4.60. The SMILES string of the molecule is O=C(Nc1ccccc1)C1CN(C(=O)c2cnn3c2NC(c2ccccc2)CC3C(F)(F)F)CC1c1ccccc1. The molecule has 0 saturated carbocycles. The van der Waals surface area contributed by atoms with Gasteiger partial charge in [-0.15, -0.1) is 0 Å². The van der Waals surface area contributed by atoms with Crippen LogP contribution in [0.4, 0.5) is 24.7 Å². The highest BCUT2D eigenvalue weighted by Crippen LogP contribution is 2.45. The number of carbonyl (C=O) groups is 2. The number of amides is 2. The molecule has 2 aliphatic heterocycles. The molecule has 4 atom stereocenters. The van der Waals surface area contributed by atoms with Crippen LogP contribution in [0, 0.1) is 5.92 Å². The molecule has 2 amide bonds. The first-order valence-corrected chi connectivity index (χ1v) is 13.5. The van der Waals surface area contributed by atoms with E-state index in [1.165, 1.54) is 6.20 Å². The molecule has 0 aliphatic carbocycles.